The van der Waals surface area contributed by atoms with Crippen molar-refractivity contribution in [2.24, 2.45) is 5.92 Å². The molecule has 0 spiro atoms. The zero-order valence-corrected chi connectivity index (χ0v) is 21.4. The summed E-state index contributed by atoms with van der Waals surface area (Å²) in [7, 11) is 1.20. The number of hydrogen-bond donors (Lipinski definition) is 0. The molecular formula is C19H29Cl3SiTi. The Morgan fingerprint density at radius 3 is 2.08 bits per heavy atom. The van der Waals surface area contributed by atoms with E-state index in [2.05, 4.69) is 71.0 Å². The van der Waals surface area contributed by atoms with E-state index in [9.17, 15) is 0 Å². The first-order valence-corrected chi connectivity index (χ1v) is 11.5. The van der Waals surface area contributed by atoms with Crippen LogP contribution in [-0.2, 0) is 17.9 Å². The smallest absolute Gasteiger partial charge is 1.00 e. The molecule has 0 radical (unpaired) electrons. The Hall–Kier alpha value is 0.501. The number of benzene rings is 1. The van der Waals surface area contributed by atoms with Crippen LogP contribution < -0.4 is 41.1 Å². The van der Waals surface area contributed by atoms with Gasteiger partial charge in [-0.3, -0.25) is 0 Å². The number of allylic oxidation sites excluding steroid dienone is 4. The molecule has 1 aromatic rings. The van der Waals surface area contributed by atoms with Gasteiger partial charge in [0.1, 0.15) is 0 Å². The van der Waals surface area contributed by atoms with Crippen molar-refractivity contribution < 1.29 is 55.1 Å². The van der Waals surface area contributed by atoms with Crippen LogP contribution in [0.2, 0.25) is 3.72 Å². The second kappa shape index (κ2) is 11.3. The van der Waals surface area contributed by atoms with Crippen LogP contribution in [0.5, 0.6) is 0 Å². The van der Waals surface area contributed by atoms with Crippen LogP contribution >= 0.6 is 0 Å². The van der Waals surface area contributed by atoms with E-state index < -0.39 is 17.9 Å². The van der Waals surface area contributed by atoms with E-state index >= 15 is 0 Å². The molecular weight excluding hydrogens is 411 g/mol. The maximum absolute atomic E-state index is 2.53. The molecule has 2 rings (SSSR count). The summed E-state index contributed by atoms with van der Waals surface area (Å²) in [6, 6.07) is 11.4. The van der Waals surface area contributed by atoms with E-state index in [4.69, 9.17) is 0 Å². The van der Waals surface area contributed by atoms with Crippen molar-refractivity contribution >= 4 is 14.1 Å². The molecule has 0 saturated carbocycles. The minimum Gasteiger partial charge on any atom is -1.00 e. The van der Waals surface area contributed by atoms with Gasteiger partial charge >= 0.3 is 140 Å². The SMILES string of the molecule is CCC(C)C1=[C]([Ti+3]([c]2ccccc2)[C](C)(C)C)CC=C1[SiH3].[Cl-].[Cl-].[Cl-]. The van der Waals surface area contributed by atoms with Gasteiger partial charge in [-0.2, -0.15) is 0 Å². The normalized spacial score (nSPS) is 14.6. The van der Waals surface area contributed by atoms with Crippen LogP contribution in [0.4, 0.5) is 0 Å². The first-order valence-electron chi connectivity index (χ1n) is 8.19. The van der Waals surface area contributed by atoms with E-state index in [1.807, 2.05) is 3.88 Å². The maximum Gasteiger partial charge on any atom is -1.00 e. The third-order valence-electron chi connectivity index (χ3n) is 4.58. The van der Waals surface area contributed by atoms with Crippen LogP contribution in [0.25, 0.3) is 0 Å². The minimum absolute atomic E-state index is 0. The molecule has 0 N–H and O–H groups in total. The van der Waals surface area contributed by atoms with Crippen LogP contribution in [0, 0.1) is 5.92 Å². The fourth-order valence-corrected chi connectivity index (χ4v) is 10.6. The Morgan fingerprint density at radius 1 is 1.08 bits per heavy atom. The summed E-state index contributed by atoms with van der Waals surface area (Å²) >= 11 is -1.49. The standard InChI is InChI=1S/C9H15Si.C6H5.C4H9.3ClH.Ti/c1-3-7(2)8-5-4-6-9(8)10;1-2-4-6-5-3-1;1-4(2)3;;;;/h6-7H,3-4H2,1-2,10H3;1-5H;1-3H3;3*1H;/q;;;;;;+3/p-3. The molecule has 5 heteroatoms. The predicted molar refractivity (Wildman–Crippen MR) is 94.9 cm³/mol. The van der Waals surface area contributed by atoms with Crippen LogP contribution in [-0.4, -0.2) is 10.2 Å². The van der Waals surface area contributed by atoms with E-state index in [0.717, 1.165) is 5.92 Å². The molecule has 1 aliphatic rings. The number of hydrogen-bond acceptors (Lipinski definition) is 0. The van der Waals surface area contributed by atoms with Gasteiger partial charge < -0.3 is 37.2 Å². The zero-order chi connectivity index (χ0) is 15.6. The van der Waals surface area contributed by atoms with Crippen molar-refractivity contribution in [2.45, 2.75) is 51.2 Å². The molecule has 0 aromatic heterocycles. The largest absolute Gasteiger partial charge is 1.00 e. The fourth-order valence-electron chi connectivity index (χ4n) is 3.50. The summed E-state index contributed by atoms with van der Waals surface area (Å²) in [6.07, 6.45) is 5.04. The summed E-state index contributed by atoms with van der Waals surface area (Å²) in [6.45, 7) is 12.1. The molecule has 0 nitrogen and oxygen atoms in total. The molecule has 0 fully saturated rings. The van der Waals surface area contributed by atoms with Crippen molar-refractivity contribution in [3.05, 3.63) is 51.1 Å². The zero-order valence-electron chi connectivity index (χ0n) is 15.6. The van der Waals surface area contributed by atoms with E-state index in [-0.39, 0.29) is 37.2 Å². The van der Waals surface area contributed by atoms with Crippen molar-refractivity contribution in [2.75, 3.05) is 0 Å². The third-order valence-corrected chi connectivity index (χ3v) is 11.0. The molecule has 0 heterocycles. The maximum atomic E-state index is 2.53. The Bertz CT molecular complexity index is 562. The summed E-state index contributed by atoms with van der Waals surface area (Å²) in [5.74, 6) is 0.736. The van der Waals surface area contributed by atoms with Gasteiger partial charge in [-0.05, 0) is 0 Å². The molecule has 1 aliphatic carbocycles. The molecule has 1 aromatic carbocycles. The van der Waals surface area contributed by atoms with Crippen LogP contribution in [0.3, 0.4) is 0 Å². The Morgan fingerprint density at radius 2 is 1.62 bits per heavy atom. The van der Waals surface area contributed by atoms with Crippen molar-refractivity contribution in [1.29, 1.82) is 0 Å². The average molecular weight is 440 g/mol. The third kappa shape index (κ3) is 6.04. The van der Waals surface area contributed by atoms with Gasteiger partial charge in [0.05, 0.1) is 0 Å². The Balaban J connectivity index is 0. The molecule has 0 saturated heterocycles. The average Bonchev–Trinajstić information content (AvgIpc) is 2.79. The van der Waals surface area contributed by atoms with Gasteiger partial charge in [-0.15, -0.1) is 0 Å². The van der Waals surface area contributed by atoms with E-state index in [1.54, 1.807) is 14.6 Å². The van der Waals surface area contributed by atoms with Gasteiger partial charge in [0.2, 0.25) is 0 Å². The van der Waals surface area contributed by atoms with Gasteiger partial charge in [0.25, 0.3) is 0 Å². The van der Waals surface area contributed by atoms with Crippen molar-refractivity contribution in [1.82, 2.24) is 0 Å². The predicted octanol–water partition coefficient (Wildman–Crippen LogP) is -4.89. The van der Waals surface area contributed by atoms with Crippen molar-refractivity contribution in [3.8, 4) is 0 Å². The van der Waals surface area contributed by atoms with E-state index in [0.29, 0.717) is 3.72 Å². The summed E-state index contributed by atoms with van der Waals surface area (Å²) in [5, 5.41) is 1.68. The molecule has 134 valence electrons. The number of rotatable bonds is 4. The van der Waals surface area contributed by atoms with Gasteiger partial charge in [-0.25, -0.2) is 0 Å². The second-order valence-corrected chi connectivity index (χ2v) is 13.7. The minimum atomic E-state index is -1.49. The molecule has 0 bridgehead atoms. The number of halogens is 3. The van der Waals surface area contributed by atoms with Gasteiger partial charge in [-0.1, -0.05) is 0 Å². The summed E-state index contributed by atoms with van der Waals surface area (Å²) in [5.41, 5.74) is 1.76. The quantitative estimate of drug-likeness (QED) is 0.413. The monoisotopic (exact) mass is 438 g/mol. The van der Waals surface area contributed by atoms with E-state index in [1.165, 1.54) is 23.1 Å². The summed E-state index contributed by atoms with van der Waals surface area (Å²) in [4.78, 5) is 0. The molecule has 1 atom stereocenters. The van der Waals surface area contributed by atoms with Crippen molar-refractivity contribution in [3.63, 3.8) is 0 Å². The Kier molecular flexibility index (Phi) is 12.5. The Labute approximate surface area is 176 Å². The van der Waals surface area contributed by atoms with Crippen LogP contribution in [0.1, 0.15) is 47.5 Å². The summed E-state index contributed by atoms with van der Waals surface area (Å²) < 4.78 is 3.92. The second-order valence-electron chi connectivity index (χ2n) is 7.28. The first kappa shape index (κ1) is 26.7. The fraction of sp³-hybridized carbons (Fsp3) is 0.474. The molecule has 0 amide bonds. The topological polar surface area (TPSA) is 0 Å². The van der Waals surface area contributed by atoms with Gasteiger partial charge in [0.15, 0.2) is 0 Å². The first-order chi connectivity index (χ1) is 9.86. The van der Waals surface area contributed by atoms with Crippen LogP contribution in [0.15, 0.2) is 51.1 Å². The molecule has 24 heavy (non-hydrogen) atoms. The van der Waals surface area contributed by atoms with Gasteiger partial charge in [0, 0.05) is 0 Å². The molecule has 1 unspecified atom stereocenters. The molecule has 0 aliphatic heterocycles.